The van der Waals surface area contributed by atoms with E-state index in [0.29, 0.717) is 12.2 Å². The van der Waals surface area contributed by atoms with Gasteiger partial charge in [-0.2, -0.15) is 0 Å². The third kappa shape index (κ3) is 4.50. The molecule has 1 aromatic rings. The van der Waals surface area contributed by atoms with Crippen molar-refractivity contribution in [1.29, 1.82) is 0 Å². The van der Waals surface area contributed by atoms with Crippen molar-refractivity contribution in [2.24, 2.45) is 5.73 Å². The van der Waals surface area contributed by atoms with Crippen LogP contribution in [0.25, 0.3) is 0 Å². The summed E-state index contributed by atoms with van der Waals surface area (Å²) in [5, 5.41) is 3.18. The van der Waals surface area contributed by atoms with Crippen LogP contribution >= 0.6 is 0 Å². The predicted octanol–water partition coefficient (Wildman–Crippen LogP) is 0.817. The Bertz CT molecular complexity index is 428. The molecule has 0 aliphatic carbocycles. The molecule has 5 nitrogen and oxygen atoms in total. The van der Waals surface area contributed by atoms with Crippen molar-refractivity contribution >= 4 is 21.4 Å². The lowest BCUT2D eigenvalue weighted by molar-refractivity contribution is 0.607. The Labute approximate surface area is 96.1 Å². The van der Waals surface area contributed by atoms with Crippen molar-refractivity contribution in [2.75, 3.05) is 22.8 Å². The van der Waals surface area contributed by atoms with Crippen molar-refractivity contribution in [1.82, 2.24) is 0 Å². The average molecular weight is 243 g/mol. The van der Waals surface area contributed by atoms with E-state index in [9.17, 15) is 8.42 Å². The first kappa shape index (κ1) is 12.8. The molecule has 0 saturated heterocycles. The van der Waals surface area contributed by atoms with Gasteiger partial charge in [0.25, 0.3) is 0 Å². The standard InChI is InChI=1S/C10H17N3O2S/c1-8(7-11)12-9-3-5-10(6-4-9)13-16(2,14)15/h3-6,8,12-13H,7,11H2,1-2H3. The maximum absolute atomic E-state index is 11.0. The van der Waals surface area contributed by atoms with Gasteiger partial charge in [-0.3, -0.25) is 4.72 Å². The predicted molar refractivity (Wildman–Crippen MR) is 67.0 cm³/mol. The topological polar surface area (TPSA) is 84.2 Å². The number of anilines is 2. The summed E-state index contributed by atoms with van der Waals surface area (Å²) in [6, 6.07) is 7.20. The fraction of sp³-hybridized carbons (Fsp3) is 0.400. The Kier molecular flexibility index (Phi) is 4.14. The summed E-state index contributed by atoms with van der Waals surface area (Å²) in [5.74, 6) is 0. The van der Waals surface area contributed by atoms with Gasteiger partial charge in [0, 0.05) is 24.0 Å². The highest BCUT2D eigenvalue weighted by Gasteiger charge is 2.02. The van der Waals surface area contributed by atoms with E-state index in [4.69, 9.17) is 5.73 Å². The van der Waals surface area contributed by atoms with Gasteiger partial charge in [-0.1, -0.05) is 0 Å². The van der Waals surface area contributed by atoms with E-state index in [1.807, 2.05) is 6.92 Å². The van der Waals surface area contributed by atoms with Crippen LogP contribution in [0, 0.1) is 0 Å². The molecule has 0 aliphatic rings. The van der Waals surface area contributed by atoms with Crippen molar-refractivity contribution in [3.63, 3.8) is 0 Å². The SMILES string of the molecule is CC(CN)Nc1ccc(NS(C)(=O)=O)cc1. The van der Waals surface area contributed by atoms with Crippen molar-refractivity contribution in [2.45, 2.75) is 13.0 Å². The molecule has 0 heterocycles. The summed E-state index contributed by atoms with van der Waals surface area (Å²) in [4.78, 5) is 0. The minimum Gasteiger partial charge on any atom is -0.381 e. The van der Waals surface area contributed by atoms with E-state index in [0.717, 1.165) is 11.9 Å². The number of nitrogens with one attached hydrogen (secondary N) is 2. The number of sulfonamides is 1. The molecule has 90 valence electrons. The Balaban J connectivity index is 2.68. The number of hydrogen-bond donors (Lipinski definition) is 3. The van der Waals surface area contributed by atoms with E-state index in [1.165, 1.54) is 0 Å². The van der Waals surface area contributed by atoms with Gasteiger partial charge >= 0.3 is 0 Å². The van der Waals surface area contributed by atoms with Crippen LogP contribution in [-0.2, 0) is 10.0 Å². The summed E-state index contributed by atoms with van der Waals surface area (Å²) in [6.45, 7) is 2.52. The van der Waals surface area contributed by atoms with Crippen LogP contribution in [-0.4, -0.2) is 27.3 Å². The number of benzene rings is 1. The zero-order valence-corrected chi connectivity index (χ0v) is 10.2. The second-order valence-electron chi connectivity index (χ2n) is 3.73. The van der Waals surface area contributed by atoms with Gasteiger partial charge in [0.05, 0.1) is 6.26 Å². The van der Waals surface area contributed by atoms with E-state index in [2.05, 4.69) is 10.0 Å². The van der Waals surface area contributed by atoms with Crippen LogP contribution in [0.5, 0.6) is 0 Å². The molecule has 0 spiro atoms. The second-order valence-corrected chi connectivity index (χ2v) is 5.48. The number of nitrogens with two attached hydrogens (primary N) is 1. The van der Waals surface area contributed by atoms with Gasteiger partial charge in [-0.25, -0.2) is 8.42 Å². The fourth-order valence-corrected chi connectivity index (χ4v) is 1.76. The highest BCUT2D eigenvalue weighted by molar-refractivity contribution is 7.92. The van der Waals surface area contributed by atoms with E-state index in [-0.39, 0.29) is 6.04 Å². The molecule has 1 aromatic carbocycles. The summed E-state index contributed by atoms with van der Waals surface area (Å²) < 4.78 is 24.3. The molecule has 1 unspecified atom stereocenters. The molecule has 0 fully saturated rings. The molecule has 0 bridgehead atoms. The quantitative estimate of drug-likeness (QED) is 0.714. The van der Waals surface area contributed by atoms with Gasteiger partial charge in [0.2, 0.25) is 10.0 Å². The van der Waals surface area contributed by atoms with Crippen LogP contribution in [0.2, 0.25) is 0 Å². The molecule has 1 rings (SSSR count). The normalized spacial score (nSPS) is 13.2. The summed E-state index contributed by atoms with van der Waals surface area (Å²) in [7, 11) is -3.21. The van der Waals surface area contributed by atoms with Crippen LogP contribution in [0.4, 0.5) is 11.4 Å². The van der Waals surface area contributed by atoms with E-state index < -0.39 is 10.0 Å². The Morgan fingerprint density at radius 1 is 1.25 bits per heavy atom. The average Bonchev–Trinajstić information content (AvgIpc) is 2.18. The molecule has 16 heavy (non-hydrogen) atoms. The summed E-state index contributed by atoms with van der Waals surface area (Å²) in [5.41, 5.74) is 6.94. The Hall–Kier alpha value is -1.27. The first-order valence-corrected chi connectivity index (χ1v) is 6.84. The van der Waals surface area contributed by atoms with Crippen LogP contribution in [0.15, 0.2) is 24.3 Å². The maximum atomic E-state index is 11.0. The third-order valence-electron chi connectivity index (χ3n) is 1.95. The third-order valence-corrected chi connectivity index (χ3v) is 2.56. The highest BCUT2D eigenvalue weighted by atomic mass is 32.2. The number of rotatable bonds is 5. The molecule has 4 N–H and O–H groups in total. The highest BCUT2D eigenvalue weighted by Crippen LogP contribution is 2.14. The van der Waals surface area contributed by atoms with Crippen molar-refractivity contribution in [3.8, 4) is 0 Å². The van der Waals surface area contributed by atoms with Gasteiger partial charge in [-0.05, 0) is 31.2 Å². The molecule has 0 radical (unpaired) electrons. The molecular weight excluding hydrogens is 226 g/mol. The zero-order chi connectivity index (χ0) is 12.2. The Morgan fingerprint density at radius 3 is 2.19 bits per heavy atom. The van der Waals surface area contributed by atoms with E-state index in [1.54, 1.807) is 24.3 Å². The lowest BCUT2D eigenvalue weighted by atomic mass is 10.2. The fourth-order valence-electron chi connectivity index (χ4n) is 1.19. The van der Waals surface area contributed by atoms with E-state index >= 15 is 0 Å². The van der Waals surface area contributed by atoms with Crippen molar-refractivity contribution in [3.05, 3.63) is 24.3 Å². The molecule has 0 saturated carbocycles. The van der Waals surface area contributed by atoms with Gasteiger partial charge in [0.1, 0.15) is 0 Å². The van der Waals surface area contributed by atoms with Gasteiger partial charge in [0.15, 0.2) is 0 Å². The van der Waals surface area contributed by atoms with Crippen molar-refractivity contribution < 1.29 is 8.42 Å². The lowest BCUT2D eigenvalue weighted by Gasteiger charge is -2.13. The minimum absolute atomic E-state index is 0.189. The van der Waals surface area contributed by atoms with Gasteiger partial charge < -0.3 is 11.1 Å². The zero-order valence-electron chi connectivity index (χ0n) is 9.40. The maximum Gasteiger partial charge on any atom is 0.229 e. The smallest absolute Gasteiger partial charge is 0.229 e. The van der Waals surface area contributed by atoms with Crippen LogP contribution in [0.1, 0.15) is 6.92 Å². The first-order chi connectivity index (χ1) is 7.40. The summed E-state index contributed by atoms with van der Waals surface area (Å²) in [6.07, 6.45) is 1.12. The van der Waals surface area contributed by atoms with Crippen LogP contribution in [0.3, 0.4) is 0 Å². The number of hydrogen-bond acceptors (Lipinski definition) is 4. The van der Waals surface area contributed by atoms with Gasteiger partial charge in [-0.15, -0.1) is 0 Å². The second kappa shape index (κ2) is 5.18. The molecule has 0 amide bonds. The molecular formula is C10H17N3O2S. The molecule has 1 atom stereocenters. The summed E-state index contributed by atoms with van der Waals surface area (Å²) >= 11 is 0. The monoisotopic (exact) mass is 243 g/mol. The van der Waals surface area contributed by atoms with Crippen LogP contribution < -0.4 is 15.8 Å². The Morgan fingerprint density at radius 2 is 1.75 bits per heavy atom. The largest absolute Gasteiger partial charge is 0.381 e. The minimum atomic E-state index is -3.21. The molecule has 0 aromatic heterocycles. The molecule has 6 heteroatoms. The first-order valence-electron chi connectivity index (χ1n) is 4.95. The molecule has 0 aliphatic heterocycles. The lowest BCUT2D eigenvalue weighted by Crippen LogP contribution is -2.25.